The second-order valence-electron chi connectivity index (χ2n) is 10.1. The van der Waals surface area contributed by atoms with Gasteiger partial charge in [0.05, 0.1) is 6.10 Å². The van der Waals surface area contributed by atoms with Crippen LogP contribution in [0, 0.1) is 18.3 Å². The fourth-order valence-corrected chi connectivity index (χ4v) is 4.91. The van der Waals surface area contributed by atoms with Gasteiger partial charge >= 0.3 is 0 Å². The largest absolute Gasteiger partial charge is 0.377 e. The lowest BCUT2D eigenvalue weighted by molar-refractivity contribution is -0.0835. The lowest BCUT2D eigenvalue weighted by Gasteiger charge is -2.40. The highest BCUT2D eigenvalue weighted by Crippen LogP contribution is 2.33. The summed E-state index contributed by atoms with van der Waals surface area (Å²) in [5, 5.41) is 15.7. The summed E-state index contributed by atoms with van der Waals surface area (Å²) >= 11 is 0. The Balaban J connectivity index is 0.00000363. The Bertz CT molecular complexity index is 730. The number of nitrogens with zero attached hydrogens (tertiary/aromatic N) is 5. The third-order valence-corrected chi connectivity index (χ3v) is 6.80. The van der Waals surface area contributed by atoms with Gasteiger partial charge in [0.2, 0.25) is 0 Å². The number of aliphatic imine (C=N–C) groups is 1. The number of aromatic nitrogens is 3. The van der Waals surface area contributed by atoms with Crippen LogP contribution in [0.5, 0.6) is 0 Å². The fourth-order valence-electron chi connectivity index (χ4n) is 4.91. The first-order valence-electron chi connectivity index (χ1n) is 12.0. The van der Waals surface area contributed by atoms with E-state index in [4.69, 9.17) is 9.73 Å². The van der Waals surface area contributed by atoms with Crippen LogP contribution in [0.25, 0.3) is 0 Å². The van der Waals surface area contributed by atoms with Crippen molar-refractivity contribution < 1.29 is 4.74 Å². The van der Waals surface area contributed by atoms with Crippen LogP contribution in [0.4, 0.5) is 0 Å². The number of guanidine groups is 1. The molecular weight excluding hydrogens is 517 g/mol. The summed E-state index contributed by atoms with van der Waals surface area (Å²) in [5.74, 6) is 3.13. The standard InChI is InChI=1S/C23H43N7O.HI/c1-7-30-12-8-11-19(30)15-25-22(26-16-20-28-27-17(2)29(20)6)24-14-18-10-9-13-31-21(18)23(3,4)5;/h18-19,21H,7-16H2,1-6H3,(H2,24,25,26);1H. The van der Waals surface area contributed by atoms with E-state index in [0.717, 1.165) is 50.3 Å². The molecule has 32 heavy (non-hydrogen) atoms. The van der Waals surface area contributed by atoms with Crippen molar-refractivity contribution in [2.45, 2.75) is 79.0 Å². The maximum Gasteiger partial charge on any atom is 0.191 e. The van der Waals surface area contributed by atoms with E-state index < -0.39 is 0 Å². The second kappa shape index (κ2) is 12.5. The van der Waals surface area contributed by atoms with Crippen LogP contribution in [-0.4, -0.2) is 70.6 Å². The van der Waals surface area contributed by atoms with Crippen molar-refractivity contribution in [3.8, 4) is 0 Å². The number of likely N-dealkylation sites (tertiary alicyclic amines) is 1. The molecule has 9 heteroatoms. The Kier molecular flexibility index (Phi) is 10.7. The molecular formula is C23H44IN7O. The van der Waals surface area contributed by atoms with Crippen molar-refractivity contribution >= 4 is 29.9 Å². The van der Waals surface area contributed by atoms with Gasteiger partial charge in [0, 0.05) is 38.7 Å². The number of halogens is 1. The summed E-state index contributed by atoms with van der Waals surface area (Å²) in [6.45, 7) is 16.5. The zero-order valence-electron chi connectivity index (χ0n) is 20.9. The van der Waals surface area contributed by atoms with E-state index >= 15 is 0 Å². The van der Waals surface area contributed by atoms with Crippen molar-refractivity contribution in [3.05, 3.63) is 11.6 Å². The molecule has 0 spiro atoms. The van der Waals surface area contributed by atoms with Crippen LogP contribution in [-0.2, 0) is 18.3 Å². The lowest BCUT2D eigenvalue weighted by Crippen LogP contribution is -2.49. The Morgan fingerprint density at radius 3 is 2.56 bits per heavy atom. The van der Waals surface area contributed by atoms with Crippen LogP contribution < -0.4 is 10.6 Å². The van der Waals surface area contributed by atoms with Crippen LogP contribution in [0.15, 0.2) is 4.99 Å². The molecule has 2 aliphatic heterocycles. The molecule has 2 saturated heterocycles. The van der Waals surface area contributed by atoms with Gasteiger partial charge in [-0.15, -0.1) is 34.2 Å². The number of rotatable bonds is 7. The topological polar surface area (TPSA) is 79.6 Å². The third kappa shape index (κ3) is 7.28. The van der Waals surface area contributed by atoms with E-state index in [1.54, 1.807) is 0 Å². The van der Waals surface area contributed by atoms with E-state index in [1.807, 2.05) is 18.5 Å². The number of nitrogens with one attached hydrogen (secondary N) is 2. The molecule has 3 atom stereocenters. The van der Waals surface area contributed by atoms with Crippen molar-refractivity contribution in [2.75, 3.05) is 32.8 Å². The number of hydrogen-bond acceptors (Lipinski definition) is 5. The molecule has 0 radical (unpaired) electrons. The van der Waals surface area contributed by atoms with Gasteiger partial charge < -0.3 is 19.9 Å². The molecule has 8 nitrogen and oxygen atoms in total. The van der Waals surface area contributed by atoms with E-state index in [2.05, 4.69) is 53.4 Å². The van der Waals surface area contributed by atoms with Crippen LogP contribution in [0.2, 0.25) is 0 Å². The Morgan fingerprint density at radius 2 is 1.91 bits per heavy atom. The van der Waals surface area contributed by atoms with Crippen LogP contribution in [0.1, 0.15) is 65.0 Å². The van der Waals surface area contributed by atoms with Gasteiger partial charge in [0.15, 0.2) is 11.8 Å². The molecule has 2 N–H and O–H groups in total. The molecule has 0 aliphatic carbocycles. The first-order valence-corrected chi connectivity index (χ1v) is 12.0. The molecule has 1 aromatic rings. The predicted molar refractivity (Wildman–Crippen MR) is 140 cm³/mol. The number of likely N-dealkylation sites (N-methyl/N-ethyl adjacent to an activating group) is 1. The number of ether oxygens (including phenoxy) is 1. The minimum absolute atomic E-state index is 0. The fraction of sp³-hybridized carbons (Fsp3) is 0.870. The predicted octanol–water partition coefficient (Wildman–Crippen LogP) is 3.10. The van der Waals surface area contributed by atoms with Crippen molar-refractivity contribution in [3.63, 3.8) is 0 Å². The van der Waals surface area contributed by atoms with Gasteiger partial charge in [-0.2, -0.15) is 0 Å². The SMILES string of the molecule is CCN1CCCC1CNC(=NCc1nnc(C)n1C)NCC1CCCOC1C(C)(C)C.I. The third-order valence-electron chi connectivity index (χ3n) is 6.80. The van der Waals surface area contributed by atoms with Crippen molar-refractivity contribution in [2.24, 2.45) is 23.4 Å². The van der Waals surface area contributed by atoms with Gasteiger partial charge in [0.25, 0.3) is 0 Å². The van der Waals surface area contributed by atoms with Crippen LogP contribution in [0.3, 0.4) is 0 Å². The summed E-state index contributed by atoms with van der Waals surface area (Å²) in [5.41, 5.74) is 0.138. The Hall–Kier alpha value is -0.940. The zero-order valence-corrected chi connectivity index (χ0v) is 23.2. The maximum atomic E-state index is 6.18. The molecule has 0 bridgehead atoms. The summed E-state index contributed by atoms with van der Waals surface area (Å²) in [6, 6.07) is 0.578. The normalized spacial score (nSPS) is 24.9. The summed E-state index contributed by atoms with van der Waals surface area (Å²) in [6.07, 6.45) is 5.12. The smallest absolute Gasteiger partial charge is 0.191 e. The maximum absolute atomic E-state index is 6.18. The van der Waals surface area contributed by atoms with Gasteiger partial charge in [0.1, 0.15) is 12.4 Å². The van der Waals surface area contributed by atoms with E-state index in [1.165, 1.54) is 25.8 Å². The molecule has 0 saturated carbocycles. The molecule has 3 rings (SSSR count). The molecule has 3 heterocycles. The van der Waals surface area contributed by atoms with Gasteiger partial charge in [-0.25, -0.2) is 4.99 Å². The summed E-state index contributed by atoms with van der Waals surface area (Å²) in [4.78, 5) is 7.42. The van der Waals surface area contributed by atoms with Gasteiger partial charge in [-0.1, -0.05) is 27.7 Å². The number of hydrogen-bond donors (Lipinski definition) is 2. The lowest BCUT2D eigenvalue weighted by atomic mass is 9.78. The highest BCUT2D eigenvalue weighted by molar-refractivity contribution is 14.0. The summed E-state index contributed by atoms with van der Waals surface area (Å²) in [7, 11) is 1.99. The molecule has 1 aromatic heterocycles. The first kappa shape index (κ1) is 27.3. The molecule has 3 unspecified atom stereocenters. The zero-order chi connectivity index (χ0) is 22.4. The number of aryl methyl sites for hydroxylation is 1. The molecule has 0 amide bonds. The first-order chi connectivity index (χ1) is 14.8. The minimum atomic E-state index is 0. The Morgan fingerprint density at radius 1 is 1.16 bits per heavy atom. The quantitative estimate of drug-likeness (QED) is 0.303. The summed E-state index contributed by atoms with van der Waals surface area (Å²) < 4.78 is 8.18. The van der Waals surface area contributed by atoms with Gasteiger partial charge in [-0.3, -0.25) is 4.90 Å². The monoisotopic (exact) mass is 561 g/mol. The van der Waals surface area contributed by atoms with Crippen molar-refractivity contribution in [1.82, 2.24) is 30.3 Å². The minimum Gasteiger partial charge on any atom is -0.377 e. The Labute approximate surface area is 211 Å². The van der Waals surface area contributed by atoms with E-state index in [-0.39, 0.29) is 35.5 Å². The molecule has 184 valence electrons. The highest BCUT2D eigenvalue weighted by atomic mass is 127. The average molecular weight is 562 g/mol. The van der Waals surface area contributed by atoms with Crippen LogP contribution >= 0.6 is 24.0 Å². The molecule has 0 aromatic carbocycles. The van der Waals surface area contributed by atoms with E-state index in [0.29, 0.717) is 18.5 Å². The highest BCUT2D eigenvalue weighted by Gasteiger charge is 2.35. The molecule has 2 fully saturated rings. The van der Waals surface area contributed by atoms with Gasteiger partial charge in [-0.05, 0) is 51.1 Å². The second-order valence-corrected chi connectivity index (χ2v) is 10.1. The average Bonchev–Trinajstić information content (AvgIpc) is 3.33. The molecule has 2 aliphatic rings. The van der Waals surface area contributed by atoms with E-state index in [9.17, 15) is 0 Å². The van der Waals surface area contributed by atoms with Crippen molar-refractivity contribution in [1.29, 1.82) is 0 Å².